The molecule has 0 saturated carbocycles. The number of carbonyl (C=O) groups excluding carboxylic acids is 2. The predicted octanol–water partition coefficient (Wildman–Crippen LogP) is 3.14. The van der Waals surface area contributed by atoms with Gasteiger partial charge in [0.1, 0.15) is 10.9 Å². The fraction of sp³-hybridized carbons (Fsp3) is 0.292. The molecule has 2 aliphatic rings. The van der Waals surface area contributed by atoms with Gasteiger partial charge in [-0.05, 0) is 29.2 Å². The molecule has 1 N–H and O–H groups in total. The molecular weight excluding hydrogens is 408 g/mol. The largest absolute Gasteiger partial charge is 0.350 e. The van der Waals surface area contributed by atoms with Gasteiger partial charge in [-0.15, -0.1) is 11.8 Å². The molecule has 3 aromatic rings. The van der Waals surface area contributed by atoms with Gasteiger partial charge in [0.25, 0.3) is 0 Å². The number of thioether (sulfide) groups is 1. The molecule has 2 aromatic carbocycles. The highest BCUT2D eigenvalue weighted by molar-refractivity contribution is 8.00. The zero-order valence-electron chi connectivity index (χ0n) is 17.1. The standard InChI is InChI=1S/C24H24N4O2S/c29-22-11-12-24(20-5-2-1-3-6-20)28(22)21(17-31-24)23(30)25-15-18-7-9-19(10-8-18)16-27-14-4-13-26-27/h1-10,13-14,21H,11-12,15-17H2,(H,25,30)/t21-,24-/m1/s1. The van der Waals surface area contributed by atoms with Crippen molar-refractivity contribution >= 4 is 23.6 Å². The minimum Gasteiger partial charge on any atom is -0.350 e. The minimum atomic E-state index is -0.431. The lowest BCUT2D eigenvalue weighted by Gasteiger charge is -2.34. The lowest BCUT2D eigenvalue weighted by molar-refractivity contribution is -0.138. The first-order valence-corrected chi connectivity index (χ1v) is 11.5. The van der Waals surface area contributed by atoms with Crippen molar-refractivity contribution in [1.29, 1.82) is 0 Å². The summed E-state index contributed by atoms with van der Waals surface area (Å²) in [4.78, 5) is 27.2. The Labute approximate surface area is 185 Å². The maximum absolute atomic E-state index is 13.0. The highest BCUT2D eigenvalue weighted by Crippen LogP contribution is 2.54. The van der Waals surface area contributed by atoms with Gasteiger partial charge in [-0.1, -0.05) is 54.6 Å². The molecule has 6 nitrogen and oxygen atoms in total. The van der Waals surface area contributed by atoms with E-state index in [1.807, 2.05) is 52.2 Å². The first kappa shape index (κ1) is 19.9. The molecule has 2 fully saturated rings. The van der Waals surface area contributed by atoms with Crippen LogP contribution in [0.15, 0.2) is 73.1 Å². The van der Waals surface area contributed by atoms with E-state index < -0.39 is 10.9 Å². The van der Waals surface area contributed by atoms with Crippen LogP contribution in [0.1, 0.15) is 29.5 Å². The molecule has 0 aliphatic carbocycles. The summed E-state index contributed by atoms with van der Waals surface area (Å²) in [7, 11) is 0. The van der Waals surface area contributed by atoms with E-state index in [0.29, 0.717) is 18.7 Å². The zero-order chi connectivity index (χ0) is 21.3. The van der Waals surface area contributed by atoms with Crippen LogP contribution >= 0.6 is 11.8 Å². The summed E-state index contributed by atoms with van der Waals surface area (Å²) in [5.41, 5.74) is 3.29. The molecular formula is C24H24N4O2S. The summed E-state index contributed by atoms with van der Waals surface area (Å²) >= 11 is 1.71. The van der Waals surface area contributed by atoms with Gasteiger partial charge in [0.05, 0.1) is 6.54 Å². The van der Waals surface area contributed by atoms with Gasteiger partial charge in [0.15, 0.2) is 0 Å². The number of carbonyl (C=O) groups is 2. The number of amides is 2. The second-order valence-electron chi connectivity index (χ2n) is 7.98. The number of aromatic nitrogens is 2. The molecule has 0 bridgehead atoms. The molecule has 2 atom stereocenters. The predicted molar refractivity (Wildman–Crippen MR) is 120 cm³/mol. The van der Waals surface area contributed by atoms with Crippen LogP contribution in [0, 0.1) is 0 Å². The maximum atomic E-state index is 13.0. The van der Waals surface area contributed by atoms with E-state index in [1.165, 1.54) is 0 Å². The van der Waals surface area contributed by atoms with Crippen LogP contribution in [0.5, 0.6) is 0 Å². The van der Waals surface area contributed by atoms with Crippen molar-refractivity contribution < 1.29 is 9.59 Å². The quantitative estimate of drug-likeness (QED) is 0.650. The van der Waals surface area contributed by atoms with Crippen LogP contribution in [0.3, 0.4) is 0 Å². The third-order valence-corrected chi connectivity index (χ3v) is 7.64. The van der Waals surface area contributed by atoms with Gasteiger partial charge in [-0.3, -0.25) is 14.3 Å². The Balaban J connectivity index is 1.24. The summed E-state index contributed by atoms with van der Waals surface area (Å²) in [6, 6.07) is 19.7. The number of fused-ring (bicyclic) bond motifs is 1. The second kappa shape index (κ2) is 8.23. The Hall–Kier alpha value is -3.06. The normalized spacial score (nSPS) is 22.5. The number of nitrogens with one attached hydrogen (secondary N) is 1. The average molecular weight is 433 g/mol. The number of nitrogens with zero attached hydrogens (tertiary/aromatic N) is 3. The Morgan fingerprint density at radius 2 is 1.87 bits per heavy atom. The Morgan fingerprint density at radius 1 is 1.10 bits per heavy atom. The van der Waals surface area contributed by atoms with Gasteiger partial charge in [-0.25, -0.2) is 0 Å². The monoisotopic (exact) mass is 432 g/mol. The van der Waals surface area contributed by atoms with Crippen LogP contribution < -0.4 is 5.32 Å². The minimum absolute atomic E-state index is 0.0666. The summed E-state index contributed by atoms with van der Waals surface area (Å²) in [6.07, 6.45) is 4.94. The van der Waals surface area contributed by atoms with Gasteiger partial charge in [-0.2, -0.15) is 5.10 Å². The van der Waals surface area contributed by atoms with Crippen LogP contribution in [0.2, 0.25) is 0 Å². The van der Waals surface area contributed by atoms with Crippen molar-refractivity contribution in [3.8, 4) is 0 Å². The van der Waals surface area contributed by atoms with Crippen molar-refractivity contribution in [2.75, 3.05) is 5.75 Å². The molecule has 5 rings (SSSR count). The zero-order valence-corrected chi connectivity index (χ0v) is 17.9. The highest BCUT2D eigenvalue weighted by atomic mass is 32.2. The SMILES string of the molecule is O=C(NCc1ccc(Cn2cccn2)cc1)[C@H]1CS[C@@]2(c3ccccc3)CCC(=O)N12. The fourth-order valence-corrected chi connectivity index (χ4v) is 6.14. The molecule has 2 aliphatic heterocycles. The number of hydrogen-bond donors (Lipinski definition) is 1. The number of rotatable bonds is 6. The molecule has 0 spiro atoms. The lowest BCUT2D eigenvalue weighted by atomic mass is 10.0. The van der Waals surface area contributed by atoms with E-state index in [1.54, 1.807) is 18.0 Å². The lowest BCUT2D eigenvalue weighted by Crippen LogP contribution is -2.49. The molecule has 158 valence electrons. The first-order valence-electron chi connectivity index (χ1n) is 10.5. The molecule has 0 radical (unpaired) electrons. The van der Waals surface area contributed by atoms with E-state index in [-0.39, 0.29) is 11.8 Å². The van der Waals surface area contributed by atoms with Gasteiger partial charge >= 0.3 is 0 Å². The molecule has 31 heavy (non-hydrogen) atoms. The molecule has 2 saturated heterocycles. The Kier molecular flexibility index (Phi) is 5.28. The van der Waals surface area contributed by atoms with Crippen molar-refractivity contribution in [3.63, 3.8) is 0 Å². The summed E-state index contributed by atoms with van der Waals surface area (Å²) < 4.78 is 1.88. The third-order valence-electron chi connectivity index (χ3n) is 6.05. The van der Waals surface area contributed by atoms with Gasteiger partial charge in [0.2, 0.25) is 11.8 Å². The van der Waals surface area contributed by atoms with E-state index in [2.05, 4.69) is 34.7 Å². The summed E-state index contributed by atoms with van der Waals surface area (Å²) in [5, 5.41) is 7.27. The maximum Gasteiger partial charge on any atom is 0.244 e. The summed E-state index contributed by atoms with van der Waals surface area (Å²) in [6.45, 7) is 1.17. The molecule has 7 heteroatoms. The number of hydrogen-bond acceptors (Lipinski definition) is 4. The van der Waals surface area contributed by atoms with Crippen LogP contribution in [0.4, 0.5) is 0 Å². The topological polar surface area (TPSA) is 67.2 Å². The molecule has 2 amide bonds. The van der Waals surface area contributed by atoms with E-state index in [0.717, 1.165) is 29.7 Å². The highest BCUT2D eigenvalue weighted by Gasteiger charge is 2.56. The van der Waals surface area contributed by atoms with Crippen molar-refractivity contribution in [1.82, 2.24) is 20.0 Å². The van der Waals surface area contributed by atoms with Gasteiger partial charge in [0, 0.05) is 31.1 Å². The smallest absolute Gasteiger partial charge is 0.244 e. The third kappa shape index (κ3) is 3.74. The van der Waals surface area contributed by atoms with E-state index >= 15 is 0 Å². The second-order valence-corrected chi connectivity index (χ2v) is 9.28. The Bertz CT molecular complexity index is 1070. The number of benzene rings is 2. The van der Waals surface area contributed by atoms with Crippen molar-refractivity contribution in [2.45, 2.75) is 36.8 Å². The van der Waals surface area contributed by atoms with Crippen molar-refractivity contribution in [3.05, 3.63) is 89.7 Å². The first-order chi connectivity index (χ1) is 15.2. The fourth-order valence-electron chi connectivity index (χ4n) is 4.49. The molecule has 3 heterocycles. The van der Waals surface area contributed by atoms with E-state index in [9.17, 15) is 9.59 Å². The van der Waals surface area contributed by atoms with Crippen LogP contribution in [-0.4, -0.2) is 38.3 Å². The van der Waals surface area contributed by atoms with Crippen LogP contribution in [-0.2, 0) is 27.5 Å². The van der Waals surface area contributed by atoms with Crippen molar-refractivity contribution in [2.24, 2.45) is 0 Å². The molecule has 1 aromatic heterocycles. The average Bonchev–Trinajstić information content (AvgIpc) is 3.52. The molecule has 0 unspecified atom stereocenters. The van der Waals surface area contributed by atoms with E-state index in [4.69, 9.17) is 0 Å². The Morgan fingerprint density at radius 3 is 2.61 bits per heavy atom. The summed E-state index contributed by atoms with van der Waals surface area (Å²) in [5.74, 6) is 0.605. The van der Waals surface area contributed by atoms with Crippen LogP contribution in [0.25, 0.3) is 0 Å². The van der Waals surface area contributed by atoms with Gasteiger partial charge < -0.3 is 10.2 Å².